The number of nitrogens with zero attached hydrogens (tertiary/aromatic N) is 3. The number of benzene rings is 1. The summed E-state index contributed by atoms with van der Waals surface area (Å²) in [4.78, 5) is 8.95. The van der Waals surface area contributed by atoms with Crippen molar-refractivity contribution < 1.29 is 0 Å². The Labute approximate surface area is 103 Å². The van der Waals surface area contributed by atoms with Gasteiger partial charge in [-0.25, -0.2) is 4.99 Å². The van der Waals surface area contributed by atoms with Crippen molar-refractivity contribution in [1.82, 2.24) is 9.80 Å². The van der Waals surface area contributed by atoms with Crippen LogP contribution in [-0.2, 0) is 0 Å². The molecule has 1 aliphatic heterocycles. The topological polar surface area (TPSA) is 44.9 Å². The highest BCUT2D eigenvalue weighted by atomic mass is 15.3. The third kappa shape index (κ3) is 2.97. The minimum atomic E-state index is 0.418. The van der Waals surface area contributed by atoms with Crippen LogP contribution in [0.25, 0.3) is 0 Å². The molecule has 2 N–H and O–H groups in total. The van der Waals surface area contributed by atoms with Gasteiger partial charge in [0.25, 0.3) is 0 Å². The molecular weight excluding hydrogens is 212 g/mol. The molecule has 0 spiro atoms. The lowest BCUT2D eigenvalue weighted by molar-refractivity contribution is 0.160. The van der Waals surface area contributed by atoms with Gasteiger partial charge in [0, 0.05) is 25.7 Å². The van der Waals surface area contributed by atoms with Crippen molar-refractivity contribution in [2.24, 2.45) is 10.7 Å². The minimum Gasteiger partial charge on any atom is -0.369 e. The van der Waals surface area contributed by atoms with Crippen molar-refractivity contribution in [2.75, 3.05) is 26.7 Å². The summed E-state index contributed by atoms with van der Waals surface area (Å²) in [7, 11) is 2.14. The highest BCUT2D eigenvalue weighted by Crippen LogP contribution is 2.13. The van der Waals surface area contributed by atoms with Crippen LogP contribution in [0.2, 0.25) is 0 Å². The van der Waals surface area contributed by atoms with Crippen molar-refractivity contribution in [3.63, 3.8) is 0 Å². The van der Waals surface area contributed by atoms with Gasteiger partial charge < -0.3 is 15.5 Å². The second-order valence-electron chi connectivity index (χ2n) is 4.61. The van der Waals surface area contributed by atoms with Gasteiger partial charge >= 0.3 is 0 Å². The summed E-state index contributed by atoms with van der Waals surface area (Å²) in [6.45, 7) is 5.20. The fourth-order valence-electron chi connectivity index (χ4n) is 2.18. The minimum absolute atomic E-state index is 0.418. The molecule has 1 heterocycles. The van der Waals surface area contributed by atoms with E-state index >= 15 is 0 Å². The average molecular weight is 232 g/mol. The van der Waals surface area contributed by atoms with E-state index < -0.39 is 0 Å². The van der Waals surface area contributed by atoms with Gasteiger partial charge in [-0.15, -0.1) is 0 Å². The summed E-state index contributed by atoms with van der Waals surface area (Å²) in [5.41, 5.74) is 6.99. The van der Waals surface area contributed by atoms with E-state index in [9.17, 15) is 0 Å². The molecule has 1 fully saturated rings. The van der Waals surface area contributed by atoms with Gasteiger partial charge in [-0.2, -0.15) is 0 Å². The highest BCUT2D eigenvalue weighted by Gasteiger charge is 2.22. The molecule has 0 bridgehead atoms. The maximum absolute atomic E-state index is 6.07. The molecule has 0 aromatic heterocycles. The molecule has 1 saturated heterocycles. The summed E-state index contributed by atoms with van der Waals surface area (Å²) in [6.07, 6.45) is 0. The molecular formula is C13H20N4. The first-order chi connectivity index (χ1) is 8.16. The van der Waals surface area contributed by atoms with Gasteiger partial charge in [-0.1, -0.05) is 18.2 Å². The molecule has 0 saturated carbocycles. The maximum Gasteiger partial charge on any atom is 0.196 e. The van der Waals surface area contributed by atoms with Crippen molar-refractivity contribution in [3.8, 4) is 0 Å². The van der Waals surface area contributed by atoms with E-state index in [-0.39, 0.29) is 0 Å². The van der Waals surface area contributed by atoms with Gasteiger partial charge in [0.05, 0.1) is 5.69 Å². The lowest BCUT2D eigenvalue weighted by Gasteiger charge is -2.38. The quantitative estimate of drug-likeness (QED) is 0.586. The Hall–Kier alpha value is -1.55. The number of rotatable bonds is 1. The molecule has 2 rings (SSSR count). The third-order valence-corrected chi connectivity index (χ3v) is 3.12. The molecule has 1 aromatic rings. The van der Waals surface area contributed by atoms with E-state index in [1.807, 2.05) is 30.3 Å². The van der Waals surface area contributed by atoms with Crippen LogP contribution in [0.1, 0.15) is 6.92 Å². The molecule has 1 unspecified atom stereocenters. The zero-order valence-corrected chi connectivity index (χ0v) is 10.5. The Morgan fingerprint density at radius 2 is 2.00 bits per heavy atom. The summed E-state index contributed by atoms with van der Waals surface area (Å²) < 4.78 is 0. The second-order valence-corrected chi connectivity index (χ2v) is 4.61. The van der Waals surface area contributed by atoms with Gasteiger partial charge in [0.2, 0.25) is 0 Å². The number of likely N-dealkylation sites (N-methyl/N-ethyl adjacent to an activating group) is 1. The predicted octanol–water partition coefficient (Wildman–Crippen LogP) is 1.27. The lowest BCUT2D eigenvalue weighted by Crippen LogP contribution is -2.54. The molecule has 1 atom stereocenters. The van der Waals surface area contributed by atoms with E-state index in [2.05, 4.69) is 28.8 Å². The van der Waals surface area contributed by atoms with Crippen LogP contribution in [0.3, 0.4) is 0 Å². The van der Waals surface area contributed by atoms with Crippen LogP contribution in [0.5, 0.6) is 0 Å². The van der Waals surface area contributed by atoms with Gasteiger partial charge in [0.15, 0.2) is 5.96 Å². The van der Waals surface area contributed by atoms with Crippen molar-refractivity contribution in [3.05, 3.63) is 30.3 Å². The Balaban J connectivity index is 2.09. The Morgan fingerprint density at radius 3 is 2.65 bits per heavy atom. The number of para-hydroxylation sites is 1. The Morgan fingerprint density at radius 1 is 1.29 bits per heavy atom. The smallest absolute Gasteiger partial charge is 0.196 e. The fraction of sp³-hybridized carbons (Fsp3) is 0.462. The number of piperazine rings is 1. The van der Waals surface area contributed by atoms with Gasteiger partial charge in [-0.3, -0.25) is 0 Å². The van der Waals surface area contributed by atoms with Crippen LogP contribution < -0.4 is 5.73 Å². The molecule has 0 aliphatic carbocycles. The average Bonchev–Trinajstić information content (AvgIpc) is 2.30. The highest BCUT2D eigenvalue weighted by molar-refractivity contribution is 5.81. The predicted molar refractivity (Wildman–Crippen MR) is 71.4 cm³/mol. The molecule has 0 radical (unpaired) electrons. The normalized spacial score (nSPS) is 22.8. The van der Waals surface area contributed by atoms with E-state index in [1.165, 1.54) is 0 Å². The number of guanidine groups is 1. The molecule has 17 heavy (non-hydrogen) atoms. The molecule has 4 heteroatoms. The Kier molecular flexibility index (Phi) is 3.64. The zero-order chi connectivity index (χ0) is 12.3. The Bertz CT molecular complexity index is 388. The summed E-state index contributed by atoms with van der Waals surface area (Å²) >= 11 is 0. The van der Waals surface area contributed by atoms with Crippen LogP contribution in [0.15, 0.2) is 35.3 Å². The fourth-order valence-corrected chi connectivity index (χ4v) is 2.18. The summed E-state index contributed by atoms with van der Waals surface area (Å²) in [5, 5.41) is 0. The first kappa shape index (κ1) is 11.9. The number of hydrogen-bond donors (Lipinski definition) is 1. The van der Waals surface area contributed by atoms with Crippen molar-refractivity contribution in [2.45, 2.75) is 13.0 Å². The van der Waals surface area contributed by atoms with Crippen LogP contribution >= 0.6 is 0 Å². The standard InChI is InChI=1S/C13H20N4/c1-11-10-16(2)8-9-17(11)13(14)15-12-6-4-3-5-7-12/h3-7,11H,8-10H2,1-2H3,(H2,14,15). The maximum atomic E-state index is 6.07. The first-order valence-electron chi connectivity index (χ1n) is 6.01. The summed E-state index contributed by atoms with van der Waals surface area (Å²) in [6, 6.07) is 10.3. The van der Waals surface area contributed by atoms with E-state index in [1.54, 1.807) is 0 Å². The largest absolute Gasteiger partial charge is 0.369 e. The number of hydrogen-bond acceptors (Lipinski definition) is 2. The van der Waals surface area contributed by atoms with Gasteiger partial charge in [-0.05, 0) is 26.1 Å². The van der Waals surface area contributed by atoms with Crippen molar-refractivity contribution >= 4 is 11.6 Å². The van der Waals surface area contributed by atoms with Crippen LogP contribution in [-0.4, -0.2) is 48.5 Å². The van der Waals surface area contributed by atoms with E-state index in [0.29, 0.717) is 12.0 Å². The molecule has 1 aliphatic rings. The van der Waals surface area contributed by atoms with Crippen molar-refractivity contribution in [1.29, 1.82) is 0 Å². The van der Waals surface area contributed by atoms with E-state index in [4.69, 9.17) is 5.73 Å². The van der Waals surface area contributed by atoms with Crippen LogP contribution in [0, 0.1) is 0 Å². The zero-order valence-electron chi connectivity index (χ0n) is 10.5. The number of nitrogens with two attached hydrogens (primary N) is 1. The lowest BCUT2D eigenvalue weighted by atomic mass is 10.2. The SMILES string of the molecule is CC1CN(C)CCN1C(N)=Nc1ccccc1. The second kappa shape index (κ2) is 5.19. The van der Waals surface area contributed by atoms with E-state index in [0.717, 1.165) is 25.3 Å². The first-order valence-corrected chi connectivity index (χ1v) is 6.01. The molecule has 4 nitrogen and oxygen atoms in total. The molecule has 0 amide bonds. The summed E-state index contributed by atoms with van der Waals surface area (Å²) in [5.74, 6) is 0.622. The van der Waals surface area contributed by atoms with Crippen LogP contribution in [0.4, 0.5) is 5.69 Å². The monoisotopic (exact) mass is 232 g/mol. The van der Waals surface area contributed by atoms with Gasteiger partial charge in [0.1, 0.15) is 0 Å². The third-order valence-electron chi connectivity index (χ3n) is 3.12. The number of aliphatic imine (C=N–C) groups is 1. The molecule has 92 valence electrons. The molecule has 1 aromatic carbocycles.